The second-order valence-corrected chi connectivity index (χ2v) is 26.3. The molecule has 0 aromatic carbocycles. The van der Waals surface area contributed by atoms with E-state index >= 15 is 0 Å². The van der Waals surface area contributed by atoms with Gasteiger partial charge in [0.1, 0.15) is 19.8 Å². The number of rotatable bonds is 65. The van der Waals surface area contributed by atoms with Crippen LogP contribution in [-0.2, 0) is 32.7 Å². The molecule has 0 amide bonds. The Labute approximate surface area is 520 Å². The monoisotopic (exact) mass is 1200 g/mol. The average molecular weight is 1200 g/mol. The Kier molecular flexibility index (Phi) is 62.5. The average Bonchev–Trinajstić information content (AvgIpc) is 3.61. The normalized spacial score (nSPS) is 13.6. The highest BCUT2D eigenvalue weighted by atomic mass is 31.2. The Morgan fingerprint density at radius 1 is 0.381 bits per heavy atom. The number of hydrogen-bond donors (Lipinski definition) is 1. The first-order valence-electron chi connectivity index (χ1n) is 35.3. The van der Waals surface area contributed by atoms with Crippen LogP contribution in [0.1, 0.15) is 322 Å². The number of ether oxygens (including phenoxy) is 2. The lowest BCUT2D eigenvalue weighted by molar-refractivity contribution is -0.870. The number of phosphoric acid groups is 1. The van der Waals surface area contributed by atoms with Gasteiger partial charge in [-0.2, -0.15) is 0 Å². The fourth-order valence-corrected chi connectivity index (χ4v) is 10.8. The molecule has 84 heavy (non-hydrogen) atoms. The minimum atomic E-state index is -4.41. The van der Waals surface area contributed by atoms with E-state index in [0.717, 1.165) is 70.6 Å². The topological polar surface area (TPSA) is 108 Å². The van der Waals surface area contributed by atoms with Gasteiger partial charge in [-0.25, -0.2) is 4.57 Å². The second kappa shape index (κ2) is 64.7. The number of phosphoric ester groups is 1. The number of unbranched alkanes of at least 4 members (excludes halogenated alkanes) is 37. The van der Waals surface area contributed by atoms with Crippen LogP contribution >= 0.6 is 7.82 Å². The zero-order valence-electron chi connectivity index (χ0n) is 55.6. The van der Waals surface area contributed by atoms with Gasteiger partial charge in [0, 0.05) is 12.8 Å². The molecule has 0 aliphatic rings. The Bertz CT molecular complexity index is 1690. The van der Waals surface area contributed by atoms with Gasteiger partial charge in [0.25, 0.3) is 0 Å². The number of quaternary nitrogens is 1. The number of nitrogens with zero attached hydrogens (tertiary/aromatic N) is 1. The number of carbonyl (C=O) groups excluding carboxylic acids is 2. The van der Waals surface area contributed by atoms with Gasteiger partial charge in [-0.1, -0.05) is 304 Å². The summed E-state index contributed by atoms with van der Waals surface area (Å²) in [5.41, 5.74) is 0. The highest BCUT2D eigenvalue weighted by Gasteiger charge is 2.27. The minimum absolute atomic E-state index is 0.0205. The number of allylic oxidation sites excluding steroid dienone is 14. The van der Waals surface area contributed by atoms with Crippen molar-refractivity contribution in [2.24, 2.45) is 0 Å². The molecule has 0 saturated carbocycles. The SMILES string of the molecule is CC/C=C\C/C=C\C/C=C\C/C=C\C/C=C\C/C=C\CCCCC(=O)OC(COC(=O)CCCCCCCCCCCCCCCCCCCCCCCCCCCCC/C=C\CCCCCCCCCC)COP(=O)(O)OCC[N+](C)(C)C. The molecule has 0 heterocycles. The van der Waals surface area contributed by atoms with Crippen molar-refractivity contribution in [1.29, 1.82) is 0 Å². The van der Waals surface area contributed by atoms with Crippen LogP contribution in [0.5, 0.6) is 0 Å². The summed E-state index contributed by atoms with van der Waals surface area (Å²) < 4.78 is 34.6. The molecule has 0 aliphatic carbocycles. The van der Waals surface area contributed by atoms with Crippen molar-refractivity contribution in [3.63, 3.8) is 0 Å². The van der Waals surface area contributed by atoms with Gasteiger partial charge >= 0.3 is 19.8 Å². The maximum atomic E-state index is 12.8. The summed E-state index contributed by atoms with van der Waals surface area (Å²) in [6, 6.07) is 0. The number of carbonyl (C=O) groups is 2. The van der Waals surface area contributed by atoms with E-state index in [1.165, 1.54) is 218 Å². The molecule has 2 atom stereocenters. The molecule has 0 aliphatic heterocycles. The van der Waals surface area contributed by atoms with E-state index in [1.54, 1.807) is 0 Å². The van der Waals surface area contributed by atoms with Crippen LogP contribution in [0.25, 0.3) is 0 Å². The lowest BCUT2D eigenvalue weighted by Gasteiger charge is -2.24. The molecule has 0 aromatic rings. The summed E-state index contributed by atoms with van der Waals surface area (Å²) in [5, 5.41) is 0. The van der Waals surface area contributed by atoms with Gasteiger partial charge in [0.05, 0.1) is 27.7 Å². The highest BCUT2D eigenvalue weighted by molar-refractivity contribution is 7.47. The maximum absolute atomic E-state index is 12.8. The van der Waals surface area contributed by atoms with Crippen molar-refractivity contribution in [3.05, 3.63) is 85.1 Å². The van der Waals surface area contributed by atoms with Crippen LogP contribution in [-0.4, -0.2) is 74.9 Å². The molecule has 0 saturated heterocycles. The largest absolute Gasteiger partial charge is 0.472 e. The summed E-state index contributed by atoms with van der Waals surface area (Å²) in [5.74, 6) is -0.841. The Hall–Kier alpha value is -2.81. The molecule has 0 aromatic heterocycles. The lowest BCUT2D eigenvalue weighted by Crippen LogP contribution is -2.37. The van der Waals surface area contributed by atoms with E-state index in [9.17, 15) is 19.0 Å². The summed E-state index contributed by atoms with van der Waals surface area (Å²) >= 11 is 0. The predicted molar refractivity (Wildman–Crippen MR) is 362 cm³/mol. The summed E-state index contributed by atoms with van der Waals surface area (Å²) in [6.45, 7) is 4.30. The first kappa shape index (κ1) is 81.2. The molecule has 0 radical (unpaired) electrons. The van der Waals surface area contributed by atoms with Crippen molar-refractivity contribution >= 4 is 19.8 Å². The van der Waals surface area contributed by atoms with Gasteiger partial charge in [0.15, 0.2) is 6.10 Å². The molecule has 10 heteroatoms. The predicted octanol–water partition coefficient (Wildman–Crippen LogP) is 22.9. The van der Waals surface area contributed by atoms with E-state index in [4.69, 9.17) is 18.5 Å². The fourth-order valence-electron chi connectivity index (χ4n) is 10.0. The Balaban J connectivity index is 3.96. The second-order valence-electron chi connectivity index (χ2n) is 24.9. The smallest absolute Gasteiger partial charge is 0.462 e. The molecule has 0 fully saturated rings. The van der Waals surface area contributed by atoms with Crippen LogP contribution in [0.4, 0.5) is 0 Å². The zero-order chi connectivity index (χ0) is 61.2. The van der Waals surface area contributed by atoms with Gasteiger partial charge in [0.2, 0.25) is 0 Å². The van der Waals surface area contributed by atoms with Crippen LogP contribution in [0.2, 0.25) is 0 Å². The number of hydrogen-bond acceptors (Lipinski definition) is 7. The van der Waals surface area contributed by atoms with Gasteiger partial charge in [-0.15, -0.1) is 0 Å². The van der Waals surface area contributed by atoms with Gasteiger partial charge in [-0.3, -0.25) is 18.6 Å². The first-order chi connectivity index (χ1) is 41.0. The first-order valence-corrected chi connectivity index (χ1v) is 36.8. The van der Waals surface area contributed by atoms with E-state index in [-0.39, 0.29) is 32.0 Å². The minimum Gasteiger partial charge on any atom is -0.462 e. The van der Waals surface area contributed by atoms with E-state index < -0.39 is 26.5 Å². The third-order valence-corrected chi connectivity index (χ3v) is 16.4. The molecular formula is C74H135NO8P+. The van der Waals surface area contributed by atoms with Crippen LogP contribution in [0, 0.1) is 0 Å². The highest BCUT2D eigenvalue weighted by Crippen LogP contribution is 2.43. The Morgan fingerprint density at radius 3 is 1.05 bits per heavy atom. The summed E-state index contributed by atoms with van der Waals surface area (Å²) in [6.07, 6.45) is 88.7. The van der Waals surface area contributed by atoms with Gasteiger partial charge < -0.3 is 18.9 Å². The third kappa shape index (κ3) is 68.3. The molecule has 0 spiro atoms. The molecule has 0 rings (SSSR count). The van der Waals surface area contributed by atoms with E-state index in [0.29, 0.717) is 17.4 Å². The molecule has 9 nitrogen and oxygen atoms in total. The van der Waals surface area contributed by atoms with Crippen LogP contribution < -0.4 is 0 Å². The molecule has 1 N–H and O–H groups in total. The number of esters is 2. The molecule has 0 bridgehead atoms. The van der Waals surface area contributed by atoms with E-state index in [1.807, 2.05) is 21.1 Å². The van der Waals surface area contributed by atoms with Gasteiger partial charge in [-0.05, 0) is 89.9 Å². The Morgan fingerprint density at radius 2 is 0.679 bits per heavy atom. The zero-order valence-corrected chi connectivity index (χ0v) is 56.5. The van der Waals surface area contributed by atoms with Crippen molar-refractivity contribution in [2.45, 2.75) is 328 Å². The lowest BCUT2D eigenvalue weighted by atomic mass is 10.0. The van der Waals surface area contributed by atoms with Crippen molar-refractivity contribution in [2.75, 3.05) is 47.5 Å². The van der Waals surface area contributed by atoms with Crippen LogP contribution in [0.3, 0.4) is 0 Å². The van der Waals surface area contributed by atoms with Crippen molar-refractivity contribution < 1.29 is 42.1 Å². The summed E-state index contributed by atoms with van der Waals surface area (Å²) in [4.78, 5) is 35.8. The standard InChI is InChI=1S/C74H134NO8P/c1-6-8-10-12-14-16-18-20-22-24-26-28-29-30-31-32-33-34-35-36-37-38-39-40-41-42-43-44-45-47-48-50-52-54-56-58-60-62-64-66-73(76)80-70-72(71-82-84(78,79)81-69-68-75(3,4)5)83-74(77)67-65-63-61-59-57-55-53-51-49-46-27-25-23-21-19-17-15-13-11-9-7-2/h9,11,15,17,21,23-24,26-27,46,51,53,57,59,72H,6-8,10,12-14,16,18-20,22,25,28-45,47-50,52,54-56,58,60-71H2,1-5H3/p+1/b11-9-,17-15-,23-21-,26-24-,46-27-,53-51-,59-57-. The third-order valence-electron chi connectivity index (χ3n) is 15.4. The quantitative estimate of drug-likeness (QED) is 0.0211. The number of likely N-dealkylation sites (N-methyl/N-ethyl adjacent to an activating group) is 1. The van der Waals surface area contributed by atoms with Crippen LogP contribution in [0.15, 0.2) is 85.1 Å². The molecule has 488 valence electrons. The maximum Gasteiger partial charge on any atom is 0.472 e. The van der Waals surface area contributed by atoms with E-state index in [2.05, 4.69) is 98.9 Å². The fraction of sp³-hybridized carbons (Fsp3) is 0.784. The molecular weight excluding hydrogens is 1060 g/mol. The summed E-state index contributed by atoms with van der Waals surface area (Å²) in [7, 11) is 1.45. The molecule has 2 unspecified atom stereocenters. The van der Waals surface area contributed by atoms with Crippen molar-refractivity contribution in [1.82, 2.24) is 0 Å². The van der Waals surface area contributed by atoms with Crippen molar-refractivity contribution in [3.8, 4) is 0 Å².